The fourth-order valence-corrected chi connectivity index (χ4v) is 3.87. The van der Waals surface area contributed by atoms with E-state index in [0.717, 1.165) is 42.1 Å². The zero-order valence-corrected chi connectivity index (χ0v) is 13.7. The number of hydrogen-bond acceptors (Lipinski definition) is 2. The van der Waals surface area contributed by atoms with Crippen molar-refractivity contribution in [1.29, 1.82) is 0 Å². The van der Waals surface area contributed by atoms with Crippen molar-refractivity contribution >= 4 is 37.9 Å². The molecule has 0 bridgehead atoms. The summed E-state index contributed by atoms with van der Waals surface area (Å²) in [7, 11) is 1.77. The van der Waals surface area contributed by atoms with Crippen LogP contribution in [0.3, 0.4) is 0 Å². The van der Waals surface area contributed by atoms with Crippen LogP contribution in [0.2, 0.25) is 0 Å². The molecule has 1 aromatic carbocycles. The summed E-state index contributed by atoms with van der Waals surface area (Å²) < 4.78 is 17.7. The standard InChI is InChI=1S/C16H15BrFN3O/c1-20-14-8-19-13-7-12(18)11(17)6-10(13)15(14)21(16(20)22)9-4-2-3-5-9/h6-9H,2-5H2,1H3. The number of fused-ring (bicyclic) bond motifs is 3. The van der Waals surface area contributed by atoms with Crippen LogP contribution in [-0.4, -0.2) is 14.1 Å². The first-order valence-corrected chi connectivity index (χ1v) is 8.22. The van der Waals surface area contributed by atoms with Crippen LogP contribution in [-0.2, 0) is 7.05 Å². The van der Waals surface area contributed by atoms with E-state index >= 15 is 0 Å². The average Bonchev–Trinajstić information content (AvgIpc) is 3.09. The Morgan fingerprint density at radius 2 is 2.05 bits per heavy atom. The van der Waals surface area contributed by atoms with Crippen LogP contribution in [0.5, 0.6) is 0 Å². The molecule has 1 aliphatic carbocycles. The molecular weight excluding hydrogens is 349 g/mol. The Labute approximate surface area is 134 Å². The van der Waals surface area contributed by atoms with E-state index in [4.69, 9.17) is 0 Å². The summed E-state index contributed by atoms with van der Waals surface area (Å²) in [5.74, 6) is -0.343. The SMILES string of the molecule is Cn1c(=O)n(C2CCCC2)c2c3cc(Br)c(F)cc3ncc21. The Hall–Kier alpha value is -1.69. The van der Waals surface area contributed by atoms with Gasteiger partial charge in [0.05, 0.1) is 27.2 Å². The molecule has 6 heteroatoms. The van der Waals surface area contributed by atoms with E-state index in [1.165, 1.54) is 6.07 Å². The Balaban J connectivity index is 2.17. The Kier molecular flexibility index (Phi) is 3.11. The molecule has 1 fully saturated rings. The molecule has 0 radical (unpaired) electrons. The van der Waals surface area contributed by atoms with Gasteiger partial charge in [0.25, 0.3) is 0 Å². The van der Waals surface area contributed by atoms with Crippen LogP contribution in [0, 0.1) is 5.82 Å². The monoisotopic (exact) mass is 363 g/mol. The average molecular weight is 364 g/mol. The maximum atomic E-state index is 13.8. The van der Waals surface area contributed by atoms with Crippen molar-refractivity contribution in [2.45, 2.75) is 31.7 Å². The van der Waals surface area contributed by atoms with Gasteiger partial charge in [-0.15, -0.1) is 0 Å². The lowest BCUT2D eigenvalue weighted by molar-refractivity contribution is 0.510. The molecule has 0 aliphatic heterocycles. The number of halogens is 2. The van der Waals surface area contributed by atoms with E-state index in [1.54, 1.807) is 23.9 Å². The third kappa shape index (κ3) is 1.86. The summed E-state index contributed by atoms with van der Waals surface area (Å²) >= 11 is 3.24. The summed E-state index contributed by atoms with van der Waals surface area (Å²) in [4.78, 5) is 17.0. The number of hydrogen-bond donors (Lipinski definition) is 0. The number of aromatic nitrogens is 3. The molecule has 0 saturated heterocycles. The first-order valence-electron chi connectivity index (χ1n) is 7.42. The first kappa shape index (κ1) is 13.9. The van der Waals surface area contributed by atoms with Crippen LogP contribution in [0.4, 0.5) is 4.39 Å². The minimum absolute atomic E-state index is 0.0170. The van der Waals surface area contributed by atoms with Crippen LogP contribution in [0.15, 0.2) is 27.6 Å². The fraction of sp³-hybridized carbons (Fsp3) is 0.375. The Morgan fingerprint density at radius 1 is 1.32 bits per heavy atom. The third-order valence-electron chi connectivity index (χ3n) is 4.65. The quantitative estimate of drug-likeness (QED) is 0.657. The molecule has 114 valence electrons. The van der Waals surface area contributed by atoms with E-state index in [-0.39, 0.29) is 17.5 Å². The van der Waals surface area contributed by atoms with Crippen molar-refractivity contribution in [1.82, 2.24) is 14.1 Å². The molecule has 0 N–H and O–H groups in total. The van der Waals surface area contributed by atoms with Crippen LogP contribution in [0.1, 0.15) is 31.7 Å². The number of benzene rings is 1. The molecule has 1 aliphatic rings. The molecule has 2 aromatic heterocycles. The molecule has 1 saturated carbocycles. The maximum absolute atomic E-state index is 13.8. The number of imidazole rings is 1. The van der Waals surface area contributed by atoms with E-state index in [1.807, 2.05) is 4.57 Å². The topological polar surface area (TPSA) is 39.8 Å². The second kappa shape index (κ2) is 4.91. The molecule has 0 spiro atoms. The van der Waals surface area contributed by atoms with E-state index in [2.05, 4.69) is 20.9 Å². The second-order valence-corrected chi connectivity index (χ2v) is 6.78. The highest BCUT2D eigenvalue weighted by Crippen LogP contribution is 2.34. The third-order valence-corrected chi connectivity index (χ3v) is 5.26. The molecule has 0 amide bonds. The maximum Gasteiger partial charge on any atom is 0.329 e. The lowest BCUT2D eigenvalue weighted by Gasteiger charge is -2.12. The summed E-state index contributed by atoms with van der Waals surface area (Å²) in [5, 5.41) is 0.815. The molecule has 4 nitrogen and oxygen atoms in total. The number of pyridine rings is 1. The predicted molar refractivity (Wildman–Crippen MR) is 87.6 cm³/mol. The summed E-state index contributed by atoms with van der Waals surface area (Å²) in [6.45, 7) is 0. The molecule has 0 atom stereocenters. The first-order chi connectivity index (χ1) is 10.6. The van der Waals surface area contributed by atoms with Crippen molar-refractivity contribution in [2.24, 2.45) is 7.05 Å². The highest BCUT2D eigenvalue weighted by molar-refractivity contribution is 9.10. The summed E-state index contributed by atoms with van der Waals surface area (Å²) in [5.41, 5.74) is 2.22. The van der Waals surface area contributed by atoms with Gasteiger partial charge in [0.2, 0.25) is 0 Å². The van der Waals surface area contributed by atoms with Gasteiger partial charge in [-0.2, -0.15) is 0 Å². The predicted octanol–water partition coefficient (Wildman–Crippen LogP) is 3.90. The van der Waals surface area contributed by atoms with Gasteiger partial charge < -0.3 is 0 Å². The summed E-state index contributed by atoms with van der Waals surface area (Å²) in [6.07, 6.45) is 6.00. The lowest BCUT2D eigenvalue weighted by Crippen LogP contribution is -2.24. The molecule has 22 heavy (non-hydrogen) atoms. The van der Waals surface area contributed by atoms with Gasteiger partial charge in [0, 0.05) is 24.5 Å². The lowest BCUT2D eigenvalue weighted by atomic mass is 10.1. The fourth-order valence-electron chi connectivity index (χ4n) is 3.52. The Bertz CT molecular complexity index is 954. The smallest absolute Gasteiger partial charge is 0.293 e. The molecule has 4 rings (SSSR count). The molecule has 0 unspecified atom stereocenters. The second-order valence-electron chi connectivity index (χ2n) is 5.93. The van der Waals surface area contributed by atoms with Gasteiger partial charge >= 0.3 is 5.69 Å². The van der Waals surface area contributed by atoms with Crippen molar-refractivity contribution in [3.8, 4) is 0 Å². The van der Waals surface area contributed by atoms with E-state index < -0.39 is 0 Å². The van der Waals surface area contributed by atoms with Crippen molar-refractivity contribution in [3.05, 3.63) is 39.1 Å². The summed E-state index contributed by atoms with van der Waals surface area (Å²) in [6, 6.07) is 3.37. The van der Waals surface area contributed by atoms with E-state index in [9.17, 15) is 9.18 Å². The number of rotatable bonds is 1. The van der Waals surface area contributed by atoms with Crippen molar-refractivity contribution in [2.75, 3.05) is 0 Å². The van der Waals surface area contributed by atoms with E-state index in [0.29, 0.717) is 9.99 Å². The van der Waals surface area contributed by atoms with Crippen LogP contribution in [0.25, 0.3) is 21.9 Å². The van der Waals surface area contributed by atoms with Crippen molar-refractivity contribution < 1.29 is 4.39 Å². The molecular formula is C16H15BrFN3O. The normalized spacial score (nSPS) is 16.1. The van der Waals surface area contributed by atoms with Gasteiger partial charge in [-0.05, 0) is 34.8 Å². The minimum Gasteiger partial charge on any atom is -0.293 e. The largest absolute Gasteiger partial charge is 0.329 e. The van der Waals surface area contributed by atoms with Crippen LogP contribution < -0.4 is 5.69 Å². The van der Waals surface area contributed by atoms with Gasteiger partial charge in [-0.1, -0.05) is 12.8 Å². The molecule has 3 aromatic rings. The van der Waals surface area contributed by atoms with Crippen molar-refractivity contribution in [3.63, 3.8) is 0 Å². The molecule has 2 heterocycles. The zero-order chi connectivity index (χ0) is 15.4. The van der Waals surface area contributed by atoms with Gasteiger partial charge in [-0.3, -0.25) is 14.1 Å². The number of aryl methyl sites for hydroxylation is 1. The van der Waals surface area contributed by atoms with Gasteiger partial charge in [0.15, 0.2) is 0 Å². The van der Waals surface area contributed by atoms with Crippen LogP contribution >= 0.6 is 15.9 Å². The zero-order valence-electron chi connectivity index (χ0n) is 12.1. The minimum atomic E-state index is -0.343. The highest BCUT2D eigenvalue weighted by atomic mass is 79.9. The highest BCUT2D eigenvalue weighted by Gasteiger charge is 2.24. The Morgan fingerprint density at radius 3 is 2.77 bits per heavy atom. The van der Waals surface area contributed by atoms with Gasteiger partial charge in [-0.25, -0.2) is 9.18 Å². The number of nitrogens with zero attached hydrogens (tertiary/aromatic N) is 3. The van der Waals surface area contributed by atoms with Gasteiger partial charge in [0.1, 0.15) is 5.82 Å².